The number of hydrogen-bond donors (Lipinski definition) is 0. The van der Waals surface area contributed by atoms with E-state index in [1.165, 1.54) is 27.7 Å². The van der Waals surface area contributed by atoms with E-state index < -0.39 is 0 Å². The maximum absolute atomic E-state index is 11.0. The summed E-state index contributed by atoms with van der Waals surface area (Å²) < 4.78 is 0. The Bertz CT molecular complexity index is 690. The van der Waals surface area contributed by atoms with Crippen LogP contribution in [0.3, 0.4) is 0 Å². The Balaban J connectivity index is -0.000000242. The number of carbonyl (C=O) groups excluding carboxylic acids is 8. The van der Waals surface area contributed by atoms with Crippen molar-refractivity contribution in [3.05, 3.63) is 0 Å². The Labute approximate surface area is 268 Å². The fourth-order valence-electron chi connectivity index (χ4n) is 3.26. The standard InChI is InChI=1S/4C9H16O2/c4*1-3-4-5-9(11)7-6-8(2)10/h4*3-7H2,1-2H3. The molecular weight excluding hydrogens is 560 g/mol. The second-order valence-electron chi connectivity index (χ2n) is 11.4. The quantitative estimate of drug-likeness (QED) is 0.104. The molecule has 0 radical (unpaired) electrons. The summed E-state index contributed by atoms with van der Waals surface area (Å²) in [5.41, 5.74) is 0. The normalized spacial score (nSPS) is 9.64. The number of unbranched alkanes of at least 4 members (excludes halogenated alkanes) is 4. The smallest absolute Gasteiger partial charge is 0.133 e. The van der Waals surface area contributed by atoms with Crippen LogP contribution in [0, 0.1) is 0 Å². The molecule has 44 heavy (non-hydrogen) atoms. The molecule has 0 aliphatic carbocycles. The van der Waals surface area contributed by atoms with Crippen molar-refractivity contribution < 1.29 is 38.4 Å². The average Bonchev–Trinajstić information content (AvgIpc) is 2.97. The second-order valence-corrected chi connectivity index (χ2v) is 11.4. The predicted octanol–water partition coefficient (Wildman–Crippen LogP) is 8.46. The molecule has 0 spiro atoms. The first-order chi connectivity index (χ1) is 20.7. The minimum atomic E-state index is 0.106. The molecule has 0 rings (SSSR count). The summed E-state index contributed by atoms with van der Waals surface area (Å²) in [7, 11) is 0. The van der Waals surface area contributed by atoms with Crippen LogP contribution >= 0.6 is 0 Å². The Morgan fingerprint density at radius 2 is 0.432 bits per heavy atom. The second kappa shape index (κ2) is 36.6. The largest absolute Gasteiger partial charge is 0.300 e. The Morgan fingerprint density at radius 1 is 0.273 bits per heavy atom. The van der Waals surface area contributed by atoms with E-state index in [1.807, 2.05) is 0 Å². The molecule has 0 bridgehead atoms. The van der Waals surface area contributed by atoms with Crippen molar-refractivity contribution in [1.82, 2.24) is 0 Å². The van der Waals surface area contributed by atoms with Crippen LogP contribution in [0.2, 0.25) is 0 Å². The topological polar surface area (TPSA) is 137 Å². The summed E-state index contributed by atoms with van der Waals surface area (Å²) in [6.45, 7) is 14.3. The monoisotopic (exact) mass is 624 g/mol. The first kappa shape index (κ1) is 48.3. The number of hydrogen-bond acceptors (Lipinski definition) is 8. The molecule has 0 atom stereocenters. The lowest BCUT2D eigenvalue weighted by Gasteiger charge is -1.96. The lowest BCUT2D eigenvalue weighted by atomic mass is 10.1. The lowest BCUT2D eigenvalue weighted by Crippen LogP contribution is -2.00. The van der Waals surface area contributed by atoms with Crippen molar-refractivity contribution in [2.24, 2.45) is 0 Å². The van der Waals surface area contributed by atoms with Crippen LogP contribution in [0.5, 0.6) is 0 Å². The van der Waals surface area contributed by atoms with Crippen molar-refractivity contribution in [3.8, 4) is 0 Å². The zero-order valence-corrected chi connectivity index (χ0v) is 29.4. The highest BCUT2D eigenvalue weighted by Gasteiger charge is 2.04. The molecule has 0 heterocycles. The Hall–Kier alpha value is -2.64. The molecular formula is C36H64O8. The van der Waals surface area contributed by atoms with Gasteiger partial charge in [0.25, 0.3) is 0 Å². The van der Waals surface area contributed by atoms with Crippen LogP contribution in [-0.2, 0) is 38.4 Å². The van der Waals surface area contributed by atoms with Gasteiger partial charge >= 0.3 is 0 Å². The van der Waals surface area contributed by atoms with E-state index in [9.17, 15) is 38.4 Å². The molecule has 0 N–H and O–H groups in total. The zero-order valence-electron chi connectivity index (χ0n) is 29.4. The van der Waals surface area contributed by atoms with Crippen LogP contribution < -0.4 is 0 Å². The van der Waals surface area contributed by atoms with E-state index in [-0.39, 0.29) is 46.3 Å². The van der Waals surface area contributed by atoms with Crippen molar-refractivity contribution in [2.75, 3.05) is 0 Å². The van der Waals surface area contributed by atoms with E-state index in [1.54, 1.807) is 0 Å². The number of ketones is 8. The van der Waals surface area contributed by atoms with E-state index in [2.05, 4.69) is 27.7 Å². The molecule has 0 aromatic carbocycles. The third-order valence-electron chi connectivity index (χ3n) is 6.26. The molecule has 0 unspecified atom stereocenters. The minimum Gasteiger partial charge on any atom is -0.300 e. The van der Waals surface area contributed by atoms with Gasteiger partial charge in [0.15, 0.2) is 0 Å². The van der Waals surface area contributed by atoms with Gasteiger partial charge in [0.1, 0.15) is 46.3 Å². The van der Waals surface area contributed by atoms with Gasteiger partial charge in [-0.05, 0) is 53.4 Å². The highest BCUT2D eigenvalue weighted by atomic mass is 16.2. The van der Waals surface area contributed by atoms with E-state index >= 15 is 0 Å². The average molecular weight is 625 g/mol. The predicted molar refractivity (Wildman–Crippen MR) is 178 cm³/mol. The molecule has 0 aliphatic heterocycles. The van der Waals surface area contributed by atoms with Gasteiger partial charge in [-0.1, -0.05) is 53.4 Å². The van der Waals surface area contributed by atoms with Crippen molar-refractivity contribution in [1.29, 1.82) is 0 Å². The molecule has 8 heteroatoms. The molecule has 8 nitrogen and oxygen atoms in total. The first-order valence-electron chi connectivity index (χ1n) is 16.7. The number of carbonyl (C=O) groups is 8. The van der Waals surface area contributed by atoms with Gasteiger partial charge in [-0.25, -0.2) is 0 Å². The highest BCUT2D eigenvalue weighted by molar-refractivity contribution is 5.86. The SMILES string of the molecule is CCCCC(=O)CCC(C)=O.CCCCC(=O)CCC(C)=O.CCCCC(=O)CCC(C)=O.CCCCC(=O)CCC(C)=O. The summed E-state index contributed by atoms with van der Waals surface area (Å²) >= 11 is 0. The lowest BCUT2D eigenvalue weighted by molar-refractivity contribution is -0.123. The molecule has 0 aromatic rings. The molecule has 0 amide bonds. The van der Waals surface area contributed by atoms with Gasteiger partial charge in [0, 0.05) is 77.0 Å². The Morgan fingerprint density at radius 3 is 0.545 bits per heavy atom. The number of rotatable bonds is 24. The summed E-state index contributed by atoms with van der Waals surface area (Å²) in [6.07, 6.45) is 14.0. The van der Waals surface area contributed by atoms with Crippen molar-refractivity contribution in [2.45, 2.75) is 184 Å². The van der Waals surface area contributed by atoms with Gasteiger partial charge in [0.05, 0.1) is 0 Å². The molecule has 0 saturated carbocycles. The molecule has 0 fully saturated rings. The molecule has 256 valence electrons. The summed E-state index contributed by atoms with van der Waals surface area (Å²) in [5, 5.41) is 0. The maximum atomic E-state index is 11.0. The van der Waals surface area contributed by atoms with Crippen molar-refractivity contribution >= 4 is 46.3 Å². The highest BCUT2D eigenvalue weighted by Crippen LogP contribution is 2.03. The van der Waals surface area contributed by atoms with Gasteiger partial charge in [-0.15, -0.1) is 0 Å². The molecule has 0 aliphatic rings. The van der Waals surface area contributed by atoms with E-state index in [0.717, 1.165) is 51.4 Å². The summed E-state index contributed by atoms with van der Waals surface area (Å²) in [6, 6.07) is 0. The fraction of sp³-hybridized carbons (Fsp3) is 0.778. The van der Waals surface area contributed by atoms with Crippen LogP contribution in [0.15, 0.2) is 0 Å². The third kappa shape index (κ3) is 52.0. The molecule has 0 aromatic heterocycles. The third-order valence-corrected chi connectivity index (χ3v) is 6.26. The van der Waals surface area contributed by atoms with Gasteiger partial charge < -0.3 is 19.2 Å². The Kier molecular flexibility index (Phi) is 40.1. The fourth-order valence-corrected chi connectivity index (χ4v) is 3.26. The van der Waals surface area contributed by atoms with E-state index in [0.29, 0.717) is 77.0 Å². The first-order valence-corrected chi connectivity index (χ1v) is 16.7. The van der Waals surface area contributed by atoms with Crippen LogP contribution in [0.1, 0.15) is 184 Å². The maximum Gasteiger partial charge on any atom is 0.133 e. The summed E-state index contributed by atoms with van der Waals surface area (Å²) in [4.78, 5) is 85.7. The minimum absolute atomic E-state index is 0.106. The van der Waals surface area contributed by atoms with Crippen LogP contribution in [0.25, 0.3) is 0 Å². The van der Waals surface area contributed by atoms with Gasteiger partial charge in [-0.2, -0.15) is 0 Å². The van der Waals surface area contributed by atoms with Gasteiger partial charge in [-0.3, -0.25) is 19.2 Å². The molecule has 0 saturated heterocycles. The van der Waals surface area contributed by atoms with Crippen LogP contribution in [-0.4, -0.2) is 46.3 Å². The van der Waals surface area contributed by atoms with E-state index in [4.69, 9.17) is 0 Å². The van der Waals surface area contributed by atoms with Crippen LogP contribution in [0.4, 0.5) is 0 Å². The van der Waals surface area contributed by atoms with Gasteiger partial charge in [0.2, 0.25) is 0 Å². The number of Topliss-reactive ketones (excluding diaryl/α,β-unsaturated/α-hetero) is 8. The summed E-state index contributed by atoms with van der Waals surface area (Å²) in [5.74, 6) is 1.32. The zero-order chi connectivity index (χ0) is 34.8. The van der Waals surface area contributed by atoms with Crippen molar-refractivity contribution in [3.63, 3.8) is 0 Å².